The number of halogens is 6. The predicted octanol–water partition coefficient (Wildman–Crippen LogP) is 7.57. The molecule has 2 unspecified atom stereocenters. The predicted molar refractivity (Wildman–Crippen MR) is 179 cm³/mol. The van der Waals surface area contributed by atoms with Crippen LogP contribution in [0.15, 0.2) is 65.5 Å². The lowest BCUT2D eigenvalue weighted by atomic mass is 9.74. The van der Waals surface area contributed by atoms with Crippen molar-refractivity contribution in [3.8, 4) is 11.1 Å². The van der Waals surface area contributed by atoms with Gasteiger partial charge in [-0.3, -0.25) is 14.5 Å². The molecular formula is C37H39F6N3O4. The molecule has 13 heteroatoms. The molecule has 268 valence electrons. The van der Waals surface area contributed by atoms with Crippen LogP contribution in [0, 0.1) is 11.3 Å². The number of nitrogens with one attached hydrogen (secondary N) is 1. The van der Waals surface area contributed by atoms with Crippen LogP contribution in [0.5, 0.6) is 0 Å². The molecule has 1 aromatic heterocycles. The van der Waals surface area contributed by atoms with Gasteiger partial charge in [0.1, 0.15) is 6.04 Å². The smallest absolute Gasteiger partial charge is 0.417 e. The number of aliphatic carboxylic acids is 1. The summed E-state index contributed by atoms with van der Waals surface area (Å²) in [6.45, 7) is 4.31. The van der Waals surface area contributed by atoms with E-state index in [4.69, 9.17) is 0 Å². The molecule has 1 amide bonds. The Morgan fingerprint density at radius 3 is 2.24 bits per heavy atom. The van der Waals surface area contributed by atoms with E-state index in [1.54, 1.807) is 37.3 Å². The summed E-state index contributed by atoms with van der Waals surface area (Å²) >= 11 is 0. The topological polar surface area (TPSA) is 91.6 Å². The number of nitrogens with zero attached hydrogens (tertiary/aromatic N) is 2. The number of benzene rings is 3. The van der Waals surface area contributed by atoms with Crippen LogP contribution < -0.4 is 10.9 Å². The number of carbonyl (C=O) groups excluding carboxylic acids is 1. The minimum absolute atomic E-state index is 0.0127. The van der Waals surface area contributed by atoms with Crippen molar-refractivity contribution in [2.24, 2.45) is 18.4 Å². The molecule has 5 rings (SSSR count). The zero-order valence-electron chi connectivity index (χ0n) is 28.1. The van der Waals surface area contributed by atoms with Crippen LogP contribution in [0.2, 0.25) is 0 Å². The molecule has 1 aliphatic heterocycles. The van der Waals surface area contributed by atoms with E-state index in [0.717, 1.165) is 0 Å². The van der Waals surface area contributed by atoms with E-state index in [1.165, 1.54) is 46.8 Å². The Labute approximate surface area is 284 Å². The zero-order valence-corrected chi connectivity index (χ0v) is 28.1. The van der Waals surface area contributed by atoms with Gasteiger partial charge in [-0.25, -0.2) is 4.79 Å². The molecular weight excluding hydrogens is 664 g/mol. The Morgan fingerprint density at radius 2 is 1.60 bits per heavy atom. The van der Waals surface area contributed by atoms with Gasteiger partial charge in [0, 0.05) is 30.3 Å². The second-order valence-corrected chi connectivity index (χ2v) is 13.9. The number of alkyl halides is 6. The van der Waals surface area contributed by atoms with Gasteiger partial charge < -0.3 is 15.0 Å². The maximum absolute atomic E-state index is 14.7. The Kier molecular flexibility index (Phi) is 10.1. The van der Waals surface area contributed by atoms with Gasteiger partial charge in [0.2, 0.25) is 5.91 Å². The first-order valence-electron chi connectivity index (χ1n) is 16.3. The lowest BCUT2D eigenvalue weighted by Crippen LogP contribution is -2.56. The average Bonchev–Trinajstić information content (AvgIpc) is 3.02. The monoisotopic (exact) mass is 703 g/mol. The Bertz CT molecular complexity index is 1990. The maximum atomic E-state index is 14.7. The van der Waals surface area contributed by atoms with Crippen LogP contribution in [0.3, 0.4) is 0 Å². The number of carboxylic acids is 1. The Morgan fingerprint density at radius 1 is 0.960 bits per heavy atom. The summed E-state index contributed by atoms with van der Waals surface area (Å²) < 4.78 is 85.2. The summed E-state index contributed by atoms with van der Waals surface area (Å²) in [4.78, 5) is 41.1. The largest absolute Gasteiger partial charge is 0.480 e. The van der Waals surface area contributed by atoms with Crippen molar-refractivity contribution in [1.29, 1.82) is 0 Å². The number of para-hydroxylation sites is 1. The number of carbonyl (C=O) groups is 2. The number of hydrogen-bond donors (Lipinski definition) is 2. The SMILES string of the molecule is CC(C)CC1CC(C)(C(=O)N[C@@H](Cc2cccc3c(-c4c(C(F)(F)F)c5ccccc5n(C)c4=O)cccc23)C(=O)O)CCN1CC(F)(F)F. The second kappa shape index (κ2) is 13.7. The molecule has 0 spiro atoms. The Hall–Kier alpha value is -4.39. The number of aryl methyl sites for hydroxylation is 1. The molecule has 0 aliphatic carbocycles. The number of aromatic nitrogens is 1. The third kappa shape index (κ3) is 7.52. The first kappa shape index (κ1) is 36.9. The molecule has 4 aromatic rings. The van der Waals surface area contributed by atoms with E-state index in [2.05, 4.69) is 5.32 Å². The fourth-order valence-electron chi connectivity index (χ4n) is 7.31. The molecule has 1 fully saturated rings. The highest BCUT2D eigenvalue weighted by molar-refractivity contribution is 6.02. The molecule has 3 atom stereocenters. The summed E-state index contributed by atoms with van der Waals surface area (Å²) in [6.07, 6.45) is -8.90. The summed E-state index contributed by atoms with van der Waals surface area (Å²) in [5.41, 5.74) is -3.05. The van der Waals surface area contributed by atoms with Gasteiger partial charge >= 0.3 is 18.3 Å². The standard InChI is InChI=1S/C37H39F6N3O4/c1-21(2)17-23-19-35(3,15-16-46(23)20-36(38,39)40)34(50)44-28(33(48)49)18-22-9-7-12-25-24(22)11-8-13-26(25)30-31(37(41,42)43)27-10-5-6-14-29(27)45(4)32(30)47/h5-14,21,23,28H,15-20H2,1-4H3,(H,44,50)(H,48,49)/t23?,28-,35?/m0/s1. The number of fused-ring (bicyclic) bond motifs is 2. The highest BCUT2D eigenvalue weighted by Gasteiger charge is 2.45. The van der Waals surface area contributed by atoms with E-state index < -0.39 is 65.0 Å². The molecule has 0 saturated carbocycles. The van der Waals surface area contributed by atoms with Gasteiger partial charge in [-0.1, -0.05) is 75.4 Å². The van der Waals surface area contributed by atoms with Gasteiger partial charge in [-0.15, -0.1) is 0 Å². The molecule has 50 heavy (non-hydrogen) atoms. The molecule has 2 N–H and O–H groups in total. The van der Waals surface area contributed by atoms with Crippen molar-refractivity contribution >= 4 is 33.6 Å². The average molecular weight is 704 g/mol. The number of hydrogen-bond acceptors (Lipinski definition) is 4. The summed E-state index contributed by atoms with van der Waals surface area (Å²) in [5, 5.41) is 13.3. The van der Waals surface area contributed by atoms with Gasteiger partial charge in [0.15, 0.2) is 0 Å². The minimum Gasteiger partial charge on any atom is -0.480 e. The van der Waals surface area contributed by atoms with E-state index in [-0.39, 0.29) is 48.2 Å². The highest BCUT2D eigenvalue weighted by Crippen LogP contribution is 2.42. The molecule has 3 aromatic carbocycles. The van der Waals surface area contributed by atoms with E-state index >= 15 is 0 Å². The maximum Gasteiger partial charge on any atom is 0.417 e. The van der Waals surface area contributed by atoms with Crippen LogP contribution in [-0.4, -0.2) is 57.8 Å². The van der Waals surface area contributed by atoms with Crippen molar-refractivity contribution in [3.63, 3.8) is 0 Å². The number of amides is 1. The number of piperidine rings is 1. The van der Waals surface area contributed by atoms with Crippen LogP contribution in [-0.2, 0) is 29.2 Å². The third-order valence-corrected chi connectivity index (χ3v) is 9.72. The van der Waals surface area contributed by atoms with Gasteiger partial charge in [-0.05, 0) is 59.7 Å². The van der Waals surface area contributed by atoms with E-state index in [9.17, 15) is 45.8 Å². The summed E-state index contributed by atoms with van der Waals surface area (Å²) in [5.74, 6) is -1.89. The number of pyridine rings is 1. The van der Waals surface area contributed by atoms with Crippen molar-refractivity contribution in [1.82, 2.24) is 14.8 Å². The zero-order chi connectivity index (χ0) is 36.8. The van der Waals surface area contributed by atoms with Gasteiger partial charge in [0.05, 0.1) is 23.2 Å². The molecule has 1 aliphatic rings. The minimum atomic E-state index is -4.88. The lowest BCUT2D eigenvalue weighted by Gasteiger charge is -2.45. The lowest BCUT2D eigenvalue weighted by molar-refractivity contribution is -0.161. The van der Waals surface area contributed by atoms with Crippen LogP contribution >= 0.6 is 0 Å². The summed E-state index contributed by atoms with van der Waals surface area (Å²) in [7, 11) is 1.40. The molecule has 1 saturated heterocycles. The van der Waals surface area contributed by atoms with Crippen LogP contribution in [0.25, 0.3) is 32.8 Å². The van der Waals surface area contributed by atoms with E-state index in [0.29, 0.717) is 22.8 Å². The number of carboxylic acid groups (broad SMARTS) is 1. The molecule has 2 heterocycles. The first-order chi connectivity index (χ1) is 23.3. The van der Waals surface area contributed by atoms with Crippen molar-refractivity contribution in [3.05, 3.63) is 82.1 Å². The third-order valence-electron chi connectivity index (χ3n) is 9.72. The number of likely N-dealkylation sites (tertiary alicyclic amines) is 1. The normalized spacial score (nSPS) is 19.6. The van der Waals surface area contributed by atoms with Gasteiger partial charge in [-0.2, -0.15) is 26.3 Å². The highest BCUT2D eigenvalue weighted by atomic mass is 19.4. The number of rotatable bonds is 9. The Balaban J connectivity index is 1.50. The van der Waals surface area contributed by atoms with Crippen molar-refractivity contribution in [2.45, 2.75) is 70.9 Å². The van der Waals surface area contributed by atoms with Crippen molar-refractivity contribution in [2.75, 3.05) is 13.1 Å². The van der Waals surface area contributed by atoms with Crippen molar-refractivity contribution < 1.29 is 41.0 Å². The second-order valence-electron chi connectivity index (χ2n) is 13.9. The van der Waals surface area contributed by atoms with Gasteiger partial charge in [0.25, 0.3) is 5.56 Å². The molecule has 0 radical (unpaired) electrons. The fraction of sp³-hybridized carbons (Fsp3) is 0.432. The molecule has 0 bridgehead atoms. The van der Waals surface area contributed by atoms with Crippen LogP contribution in [0.4, 0.5) is 26.3 Å². The first-order valence-corrected chi connectivity index (χ1v) is 16.3. The van der Waals surface area contributed by atoms with Crippen LogP contribution in [0.1, 0.15) is 51.2 Å². The quantitative estimate of drug-likeness (QED) is 0.176. The fourth-order valence-corrected chi connectivity index (χ4v) is 7.31. The van der Waals surface area contributed by atoms with E-state index in [1.807, 2.05) is 13.8 Å². The molecule has 7 nitrogen and oxygen atoms in total. The summed E-state index contributed by atoms with van der Waals surface area (Å²) in [6, 6.07) is 13.0.